The molecule has 13 nitrogen and oxygen atoms in total. The Bertz CT molecular complexity index is 2270. The number of rotatable bonds is 11. The normalized spacial score (nSPS) is 12.9. The van der Waals surface area contributed by atoms with E-state index >= 15 is 0 Å². The molecule has 15 heteroatoms. The molecule has 5 rings (SSSR count). The van der Waals surface area contributed by atoms with Crippen molar-refractivity contribution in [2.45, 2.75) is 32.6 Å². The maximum atomic E-state index is 13.4. The van der Waals surface area contributed by atoms with Gasteiger partial charge >= 0.3 is 6.03 Å². The number of urea groups is 1. The van der Waals surface area contributed by atoms with E-state index in [0.717, 1.165) is 17.4 Å². The molecule has 0 aliphatic rings. The van der Waals surface area contributed by atoms with Crippen LogP contribution in [-0.2, 0) is 26.4 Å². The van der Waals surface area contributed by atoms with E-state index in [1.807, 2.05) is 45.0 Å². The summed E-state index contributed by atoms with van der Waals surface area (Å²) in [7, 11) is -4.32. The van der Waals surface area contributed by atoms with Crippen molar-refractivity contribution in [2.24, 2.45) is 0 Å². The lowest BCUT2D eigenvalue weighted by Gasteiger charge is -2.24. The number of fused-ring (bicyclic) bond motifs is 1. The number of anilines is 3. The van der Waals surface area contributed by atoms with Crippen LogP contribution in [-0.4, -0.2) is 56.5 Å². The van der Waals surface area contributed by atoms with Gasteiger partial charge in [-0.2, -0.15) is 4.98 Å². The molecular formula is C36H40N5O8PS. The highest BCUT2D eigenvalue weighted by molar-refractivity contribution is 7.92. The molecule has 0 bridgehead atoms. The average molecular weight is 734 g/mol. The maximum Gasteiger partial charge on any atom is 0.323 e. The summed E-state index contributed by atoms with van der Waals surface area (Å²) in [5.41, 5.74) is 2.17. The van der Waals surface area contributed by atoms with Gasteiger partial charge in [-0.15, -0.1) is 0 Å². The predicted molar refractivity (Wildman–Crippen MR) is 200 cm³/mol. The Morgan fingerprint density at radius 2 is 1.57 bits per heavy atom. The Labute approximate surface area is 296 Å². The SMILES string of the molecule is COc1cc(Cc2nccc(Oc3ccc(NC(=O)Nc4cc(C(C)(C)C)cc(NS(C)(=O)=O)c4OC)c4ccccc34)n2)ccc1P(C)(=O)O. The number of methoxy groups -OCH3 is 2. The number of hydrogen-bond acceptors (Lipinski definition) is 9. The highest BCUT2D eigenvalue weighted by Crippen LogP contribution is 2.40. The van der Waals surface area contributed by atoms with Gasteiger partial charge in [0.25, 0.3) is 0 Å². The van der Waals surface area contributed by atoms with Gasteiger partial charge in [-0.1, -0.05) is 51.1 Å². The molecule has 0 radical (unpaired) electrons. The van der Waals surface area contributed by atoms with Gasteiger partial charge in [-0.05, 0) is 52.9 Å². The number of ether oxygens (including phenoxy) is 3. The van der Waals surface area contributed by atoms with E-state index in [1.54, 1.807) is 54.7 Å². The van der Waals surface area contributed by atoms with Gasteiger partial charge in [0.2, 0.25) is 23.3 Å². The summed E-state index contributed by atoms with van der Waals surface area (Å²) < 4.78 is 56.0. The van der Waals surface area contributed by atoms with E-state index in [4.69, 9.17) is 14.2 Å². The summed E-state index contributed by atoms with van der Waals surface area (Å²) in [5.74, 6) is 1.73. The second-order valence-electron chi connectivity index (χ2n) is 12.9. The van der Waals surface area contributed by atoms with Crippen molar-refractivity contribution in [1.82, 2.24) is 9.97 Å². The largest absolute Gasteiger partial charge is 0.496 e. The zero-order valence-electron chi connectivity index (χ0n) is 29.3. The third-order valence-corrected chi connectivity index (χ3v) is 9.64. The molecule has 4 aromatic carbocycles. The first-order valence-corrected chi connectivity index (χ1v) is 19.7. The molecule has 0 aliphatic carbocycles. The molecule has 2 amide bonds. The number of amides is 2. The van der Waals surface area contributed by atoms with Crippen LogP contribution in [0.3, 0.4) is 0 Å². The Balaban J connectivity index is 1.38. The molecule has 0 saturated heterocycles. The van der Waals surface area contributed by atoms with E-state index in [9.17, 15) is 22.7 Å². The van der Waals surface area contributed by atoms with Crippen LogP contribution in [0.2, 0.25) is 0 Å². The number of nitrogens with one attached hydrogen (secondary N) is 3. The van der Waals surface area contributed by atoms with Crippen LogP contribution in [0.4, 0.5) is 21.9 Å². The molecule has 0 aliphatic heterocycles. The van der Waals surface area contributed by atoms with E-state index in [0.29, 0.717) is 46.1 Å². The Morgan fingerprint density at radius 1 is 0.882 bits per heavy atom. The number of aromatic nitrogens is 2. The summed E-state index contributed by atoms with van der Waals surface area (Å²) >= 11 is 0. The minimum atomic E-state index is -3.64. The number of carbonyl (C=O) groups is 1. The Morgan fingerprint density at radius 3 is 2.22 bits per heavy atom. The Hall–Kier alpha value is -5.17. The molecule has 1 atom stereocenters. The standard InChI is InChI=1S/C36H40N5O8PS/c1-36(2,3)23-20-27(34(48-5)28(21-23)41-51(7,45)46)39-35(42)38-26-13-14-29(25-11-9-8-10-24(25)26)49-33-16-17-37-32(40-33)19-22-12-15-31(50(6,43)44)30(18-22)47-4/h8-18,20-21,41H,19H2,1-7H3,(H,43,44)(H2,38,39,42). The highest BCUT2D eigenvalue weighted by Gasteiger charge is 2.23. The molecule has 1 heterocycles. The van der Waals surface area contributed by atoms with Crippen molar-refractivity contribution in [3.05, 3.63) is 95.9 Å². The van der Waals surface area contributed by atoms with Gasteiger partial charge in [0.1, 0.15) is 17.3 Å². The molecule has 51 heavy (non-hydrogen) atoms. The first kappa shape index (κ1) is 37.1. The lowest BCUT2D eigenvalue weighted by Crippen LogP contribution is -2.22. The molecule has 0 saturated carbocycles. The topological polar surface area (TPSA) is 178 Å². The average Bonchev–Trinajstić information content (AvgIpc) is 3.04. The molecule has 0 spiro atoms. The summed E-state index contributed by atoms with van der Waals surface area (Å²) in [4.78, 5) is 32.4. The fourth-order valence-corrected chi connectivity index (χ4v) is 6.85. The first-order chi connectivity index (χ1) is 23.9. The molecule has 4 N–H and O–H groups in total. The zero-order chi connectivity index (χ0) is 37.1. The summed E-state index contributed by atoms with van der Waals surface area (Å²) in [6.07, 6.45) is 2.95. The zero-order valence-corrected chi connectivity index (χ0v) is 31.0. The lowest BCUT2D eigenvalue weighted by molar-refractivity contribution is 0.262. The van der Waals surface area contributed by atoms with Crippen molar-refractivity contribution in [1.29, 1.82) is 0 Å². The van der Waals surface area contributed by atoms with Crippen LogP contribution >= 0.6 is 7.37 Å². The molecule has 1 aromatic heterocycles. The molecule has 0 fully saturated rings. The van der Waals surface area contributed by atoms with Crippen LogP contribution in [0.1, 0.15) is 37.7 Å². The predicted octanol–water partition coefficient (Wildman–Crippen LogP) is 6.87. The van der Waals surface area contributed by atoms with Crippen molar-refractivity contribution in [3.8, 4) is 23.1 Å². The number of nitrogens with zero attached hydrogens (tertiary/aromatic N) is 2. The number of hydrogen-bond donors (Lipinski definition) is 4. The second-order valence-corrected chi connectivity index (χ2v) is 16.9. The van der Waals surface area contributed by atoms with Gasteiger partial charge < -0.3 is 29.7 Å². The van der Waals surface area contributed by atoms with E-state index in [1.165, 1.54) is 20.9 Å². The second kappa shape index (κ2) is 14.6. The number of carbonyl (C=O) groups excluding carboxylic acids is 1. The molecule has 268 valence electrons. The van der Waals surface area contributed by atoms with Crippen LogP contribution in [0.5, 0.6) is 23.1 Å². The van der Waals surface area contributed by atoms with Crippen LogP contribution in [0, 0.1) is 0 Å². The third-order valence-electron chi connectivity index (χ3n) is 7.78. The smallest absolute Gasteiger partial charge is 0.323 e. The monoisotopic (exact) mass is 733 g/mol. The van der Waals surface area contributed by atoms with E-state index in [-0.39, 0.29) is 27.8 Å². The quantitative estimate of drug-likeness (QED) is 0.105. The fraction of sp³-hybridized carbons (Fsp3) is 0.250. The summed E-state index contributed by atoms with van der Waals surface area (Å²) in [6.45, 7) is 7.18. The number of benzene rings is 4. The molecule has 1 unspecified atom stereocenters. The molecular weight excluding hydrogens is 693 g/mol. The van der Waals surface area contributed by atoms with Crippen molar-refractivity contribution in [3.63, 3.8) is 0 Å². The summed E-state index contributed by atoms with van der Waals surface area (Å²) in [6, 6.07) is 20.3. The van der Waals surface area contributed by atoms with Crippen LogP contribution in [0.25, 0.3) is 10.8 Å². The van der Waals surface area contributed by atoms with E-state index < -0.39 is 23.4 Å². The highest BCUT2D eigenvalue weighted by atomic mass is 32.2. The third kappa shape index (κ3) is 9.14. The van der Waals surface area contributed by atoms with Crippen molar-refractivity contribution in [2.75, 3.05) is 42.5 Å². The van der Waals surface area contributed by atoms with Crippen molar-refractivity contribution < 1.29 is 36.9 Å². The summed E-state index contributed by atoms with van der Waals surface area (Å²) in [5, 5.41) is 7.34. The minimum Gasteiger partial charge on any atom is -0.496 e. The van der Waals surface area contributed by atoms with Crippen LogP contribution in [0.15, 0.2) is 79.0 Å². The maximum absolute atomic E-state index is 13.4. The van der Waals surface area contributed by atoms with Gasteiger partial charge in [0.15, 0.2) is 5.75 Å². The first-order valence-electron chi connectivity index (χ1n) is 15.7. The van der Waals surface area contributed by atoms with Gasteiger partial charge in [0.05, 0.1) is 42.8 Å². The molecule has 5 aromatic rings. The number of sulfonamides is 1. The van der Waals surface area contributed by atoms with Gasteiger partial charge in [0, 0.05) is 36.1 Å². The van der Waals surface area contributed by atoms with Gasteiger partial charge in [-0.3, -0.25) is 9.29 Å². The fourth-order valence-electron chi connectivity index (χ4n) is 5.39. The van der Waals surface area contributed by atoms with Crippen LogP contribution < -0.4 is 34.9 Å². The minimum absolute atomic E-state index is 0.162. The van der Waals surface area contributed by atoms with Crippen molar-refractivity contribution >= 4 is 56.6 Å². The van der Waals surface area contributed by atoms with Gasteiger partial charge in [-0.25, -0.2) is 18.2 Å². The Kier molecular flexibility index (Phi) is 10.6. The lowest BCUT2D eigenvalue weighted by atomic mass is 9.86. The van der Waals surface area contributed by atoms with E-state index in [2.05, 4.69) is 25.3 Å².